The number of nitro groups is 1. The van der Waals surface area contributed by atoms with E-state index in [2.05, 4.69) is 5.32 Å². The van der Waals surface area contributed by atoms with Crippen LogP contribution >= 0.6 is 0 Å². The van der Waals surface area contributed by atoms with Gasteiger partial charge in [0.25, 0.3) is 12.5 Å². The Morgan fingerprint density at radius 3 is 2.31 bits per heavy atom. The van der Waals surface area contributed by atoms with Crippen molar-refractivity contribution in [2.24, 2.45) is 5.73 Å². The van der Waals surface area contributed by atoms with Gasteiger partial charge in [-0.1, -0.05) is 0 Å². The number of nitrogens with zero attached hydrogens (tertiary/aromatic N) is 1. The van der Waals surface area contributed by atoms with Crippen molar-refractivity contribution in [1.82, 2.24) is 0 Å². The van der Waals surface area contributed by atoms with Crippen molar-refractivity contribution in [2.45, 2.75) is 0 Å². The standard InChI is InChI=1S/C9H9N3O4/c10-9(14)6-1-3-7(4-2-6)11-8(13)5-12(15)16/h1-4H,5H2,(H2,10,14)(H,11,13). The fourth-order valence-corrected chi connectivity index (χ4v) is 1.04. The van der Waals surface area contributed by atoms with Crippen LogP contribution in [0.2, 0.25) is 0 Å². The molecule has 1 aromatic carbocycles. The van der Waals surface area contributed by atoms with Crippen molar-refractivity contribution >= 4 is 17.5 Å². The average molecular weight is 223 g/mol. The molecule has 0 saturated carbocycles. The highest BCUT2D eigenvalue weighted by Gasteiger charge is 2.09. The lowest BCUT2D eigenvalue weighted by molar-refractivity contribution is -0.467. The second-order valence-corrected chi connectivity index (χ2v) is 2.98. The molecule has 1 rings (SSSR count). The molecule has 0 aromatic heterocycles. The molecule has 0 radical (unpaired) electrons. The van der Waals surface area contributed by atoms with Crippen molar-refractivity contribution in [1.29, 1.82) is 0 Å². The zero-order chi connectivity index (χ0) is 12.1. The van der Waals surface area contributed by atoms with Crippen LogP contribution in [0, 0.1) is 10.1 Å². The van der Waals surface area contributed by atoms with Gasteiger partial charge in [-0.25, -0.2) is 0 Å². The molecule has 7 nitrogen and oxygen atoms in total. The number of primary amides is 1. The van der Waals surface area contributed by atoms with Gasteiger partial charge in [0, 0.05) is 16.2 Å². The summed E-state index contributed by atoms with van der Waals surface area (Å²) in [4.78, 5) is 31.0. The van der Waals surface area contributed by atoms with Gasteiger partial charge >= 0.3 is 0 Å². The summed E-state index contributed by atoms with van der Waals surface area (Å²) in [6.07, 6.45) is 0. The lowest BCUT2D eigenvalue weighted by atomic mass is 10.2. The molecule has 0 aliphatic heterocycles. The zero-order valence-corrected chi connectivity index (χ0v) is 8.17. The molecule has 7 heteroatoms. The number of amides is 2. The maximum Gasteiger partial charge on any atom is 0.296 e. The van der Waals surface area contributed by atoms with E-state index in [9.17, 15) is 19.7 Å². The molecule has 0 unspecified atom stereocenters. The third kappa shape index (κ3) is 3.37. The van der Waals surface area contributed by atoms with E-state index in [4.69, 9.17) is 5.73 Å². The molecule has 0 spiro atoms. The number of benzene rings is 1. The summed E-state index contributed by atoms with van der Waals surface area (Å²) in [7, 11) is 0. The second kappa shape index (κ2) is 4.87. The molecule has 0 fully saturated rings. The fourth-order valence-electron chi connectivity index (χ4n) is 1.04. The van der Waals surface area contributed by atoms with Crippen molar-refractivity contribution in [2.75, 3.05) is 11.9 Å². The van der Waals surface area contributed by atoms with E-state index in [1.165, 1.54) is 24.3 Å². The first kappa shape index (κ1) is 11.6. The van der Waals surface area contributed by atoms with Gasteiger partial charge in [0.05, 0.1) is 0 Å². The summed E-state index contributed by atoms with van der Waals surface area (Å²) < 4.78 is 0. The van der Waals surface area contributed by atoms with Gasteiger partial charge in [-0.15, -0.1) is 0 Å². The van der Waals surface area contributed by atoms with Crippen molar-refractivity contribution < 1.29 is 14.5 Å². The van der Waals surface area contributed by atoms with Crippen molar-refractivity contribution in [3.63, 3.8) is 0 Å². The molecule has 0 aliphatic carbocycles. The van der Waals surface area contributed by atoms with E-state index in [0.717, 1.165) is 0 Å². The molecule has 0 saturated heterocycles. The number of nitrogens with one attached hydrogen (secondary N) is 1. The average Bonchev–Trinajstić information content (AvgIpc) is 2.16. The van der Waals surface area contributed by atoms with E-state index in [1.807, 2.05) is 0 Å². The summed E-state index contributed by atoms with van der Waals surface area (Å²) in [6, 6.07) is 5.73. The molecule has 16 heavy (non-hydrogen) atoms. The van der Waals surface area contributed by atoms with Crippen LogP contribution in [0.25, 0.3) is 0 Å². The minimum atomic E-state index is -0.794. The van der Waals surface area contributed by atoms with E-state index in [0.29, 0.717) is 11.3 Å². The number of hydrogen-bond donors (Lipinski definition) is 2. The van der Waals surface area contributed by atoms with Crippen LogP contribution in [0.4, 0.5) is 5.69 Å². The molecule has 0 aliphatic rings. The van der Waals surface area contributed by atoms with Crippen LogP contribution in [0.3, 0.4) is 0 Å². The third-order valence-corrected chi connectivity index (χ3v) is 1.73. The van der Waals surface area contributed by atoms with E-state index in [-0.39, 0.29) is 0 Å². The van der Waals surface area contributed by atoms with Gasteiger partial charge in [-0.05, 0) is 24.3 Å². The molecule has 0 bridgehead atoms. The predicted molar refractivity (Wildman–Crippen MR) is 55.5 cm³/mol. The number of rotatable bonds is 4. The third-order valence-electron chi connectivity index (χ3n) is 1.73. The summed E-state index contributed by atoms with van der Waals surface area (Å²) in [6.45, 7) is -0.794. The van der Waals surface area contributed by atoms with Gasteiger partial charge in [0.15, 0.2) is 0 Å². The largest absolute Gasteiger partial charge is 0.366 e. The van der Waals surface area contributed by atoms with Gasteiger partial charge in [0.1, 0.15) is 0 Å². The minimum Gasteiger partial charge on any atom is -0.366 e. The molecule has 1 aromatic rings. The van der Waals surface area contributed by atoms with Crippen LogP contribution in [0.15, 0.2) is 24.3 Å². The number of carbonyl (C=O) groups is 2. The smallest absolute Gasteiger partial charge is 0.296 e. The Kier molecular flexibility index (Phi) is 3.54. The Hall–Kier alpha value is -2.44. The van der Waals surface area contributed by atoms with Crippen LogP contribution in [-0.4, -0.2) is 23.3 Å². The van der Waals surface area contributed by atoms with Crippen LogP contribution in [0.1, 0.15) is 10.4 Å². The summed E-state index contributed by atoms with van der Waals surface area (Å²) in [5.74, 6) is -1.31. The maximum absolute atomic E-state index is 11.0. The lowest BCUT2D eigenvalue weighted by Gasteiger charge is -2.02. The second-order valence-electron chi connectivity index (χ2n) is 2.98. The Labute approximate surface area is 90.4 Å². The van der Waals surface area contributed by atoms with Gasteiger partial charge in [-0.3, -0.25) is 19.7 Å². The van der Waals surface area contributed by atoms with Gasteiger partial charge in [0.2, 0.25) is 5.91 Å². The Morgan fingerprint density at radius 2 is 1.88 bits per heavy atom. The normalized spacial score (nSPS) is 9.50. The Bertz CT molecular complexity index is 427. The molecule has 2 amide bonds. The maximum atomic E-state index is 11.0. The van der Waals surface area contributed by atoms with E-state index < -0.39 is 23.3 Å². The topological polar surface area (TPSA) is 115 Å². The summed E-state index contributed by atoms with van der Waals surface area (Å²) in [5.41, 5.74) is 5.69. The van der Waals surface area contributed by atoms with Crippen molar-refractivity contribution in [3.8, 4) is 0 Å². The minimum absolute atomic E-state index is 0.298. The van der Waals surface area contributed by atoms with Gasteiger partial charge in [-0.2, -0.15) is 0 Å². The first-order chi connectivity index (χ1) is 7.49. The first-order valence-electron chi connectivity index (χ1n) is 4.30. The molecule has 3 N–H and O–H groups in total. The summed E-state index contributed by atoms with van der Waals surface area (Å²) >= 11 is 0. The molecular formula is C9H9N3O4. The first-order valence-corrected chi connectivity index (χ1v) is 4.30. The van der Waals surface area contributed by atoms with E-state index >= 15 is 0 Å². The molecule has 0 heterocycles. The zero-order valence-electron chi connectivity index (χ0n) is 8.17. The number of nitrogens with two attached hydrogens (primary N) is 1. The highest BCUT2D eigenvalue weighted by molar-refractivity contribution is 5.95. The molecular weight excluding hydrogens is 214 g/mol. The number of anilines is 1. The Balaban J connectivity index is 2.65. The lowest BCUT2D eigenvalue weighted by Crippen LogP contribution is -2.21. The summed E-state index contributed by atoms with van der Waals surface area (Å²) in [5, 5.41) is 12.3. The molecule has 84 valence electrons. The predicted octanol–water partition coefficient (Wildman–Crippen LogP) is 0.000700. The Morgan fingerprint density at radius 1 is 1.31 bits per heavy atom. The highest BCUT2D eigenvalue weighted by Crippen LogP contribution is 2.08. The highest BCUT2D eigenvalue weighted by atomic mass is 16.6. The number of hydrogen-bond acceptors (Lipinski definition) is 4. The van der Waals surface area contributed by atoms with E-state index in [1.54, 1.807) is 0 Å². The monoisotopic (exact) mass is 223 g/mol. The van der Waals surface area contributed by atoms with Crippen LogP contribution < -0.4 is 11.1 Å². The van der Waals surface area contributed by atoms with Crippen LogP contribution in [-0.2, 0) is 4.79 Å². The number of carbonyl (C=O) groups excluding carboxylic acids is 2. The quantitative estimate of drug-likeness (QED) is 0.552. The van der Waals surface area contributed by atoms with Crippen LogP contribution in [0.5, 0.6) is 0 Å². The molecule has 0 atom stereocenters. The fraction of sp³-hybridized carbons (Fsp3) is 0.111. The van der Waals surface area contributed by atoms with Crippen molar-refractivity contribution in [3.05, 3.63) is 39.9 Å². The van der Waals surface area contributed by atoms with Gasteiger partial charge < -0.3 is 11.1 Å². The SMILES string of the molecule is NC(=O)c1ccc(NC(=O)C[N+](=O)[O-])cc1.